The van der Waals surface area contributed by atoms with Crippen LogP contribution < -0.4 is 9.30 Å². The first kappa shape index (κ1) is 23.3. The first-order valence-corrected chi connectivity index (χ1v) is 11.8. The Morgan fingerprint density at radius 1 is 1.26 bits per heavy atom. The molecular weight excluding hydrogens is 450 g/mol. The van der Waals surface area contributed by atoms with E-state index in [9.17, 15) is 14.7 Å². The summed E-state index contributed by atoms with van der Waals surface area (Å²) >= 11 is 0. The van der Waals surface area contributed by atoms with Crippen LogP contribution in [0.2, 0.25) is 0 Å². The Bertz CT molecular complexity index is 1300. The van der Waals surface area contributed by atoms with E-state index in [2.05, 4.69) is 16.1 Å². The van der Waals surface area contributed by atoms with E-state index in [0.29, 0.717) is 37.4 Å². The molecule has 35 heavy (non-hydrogen) atoms. The summed E-state index contributed by atoms with van der Waals surface area (Å²) in [5.41, 5.74) is 2.69. The van der Waals surface area contributed by atoms with Crippen LogP contribution in [0.3, 0.4) is 0 Å². The van der Waals surface area contributed by atoms with Crippen molar-refractivity contribution in [2.75, 3.05) is 26.9 Å². The van der Waals surface area contributed by atoms with Crippen LogP contribution in [0.25, 0.3) is 11.0 Å². The number of ether oxygens (including phenoxy) is 3. The van der Waals surface area contributed by atoms with Gasteiger partial charge in [0, 0.05) is 24.1 Å². The van der Waals surface area contributed by atoms with Crippen LogP contribution in [0, 0.1) is 5.41 Å². The zero-order valence-corrected chi connectivity index (χ0v) is 20.2. The summed E-state index contributed by atoms with van der Waals surface area (Å²) in [5, 5.41) is 11.0. The number of aryl methyl sites for hydroxylation is 1. The monoisotopic (exact) mass is 480 g/mol. The minimum absolute atomic E-state index is 0.202. The van der Waals surface area contributed by atoms with Gasteiger partial charge in [0.25, 0.3) is 11.7 Å². The highest BCUT2D eigenvalue weighted by Gasteiger charge is 2.45. The molecule has 2 aliphatic rings. The second-order valence-electron chi connectivity index (χ2n) is 9.27. The smallest absolute Gasteiger partial charge is 0.302 e. The molecule has 0 spiro atoms. The highest BCUT2D eigenvalue weighted by molar-refractivity contribution is 5.98. The molecule has 1 aromatic heterocycles. The Balaban J connectivity index is 1.60. The molecule has 1 saturated heterocycles. The second kappa shape index (κ2) is 8.98. The number of fused-ring (bicyclic) bond motifs is 2. The average Bonchev–Trinajstić information content (AvgIpc) is 3.26. The Labute approximate surface area is 203 Å². The van der Waals surface area contributed by atoms with Crippen molar-refractivity contribution in [1.29, 1.82) is 0 Å². The lowest BCUT2D eigenvalue weighted by Gasteiger charge is -2.39. The largest absolute Gasteiger partial charge is 0.497 e. The van der Waals surface area contributed by atoms with Crippen LogP contribution >= 0.6 is 0 Å². The lowest BCUT2D eigenvalue weighted by molar-refractivity contribution is -0.677. The summed E-state index contributed by atoms with van der Waals surface area (Å²) in [6.45, 7) is 6.03. The Hall–Kier alpha value is -3.43. The third kappa shape index (κ3) is 3.94. The number of aliphatic hydroxyl groups is 1. The van der Waals surface area contributed by atoms with E-state index in [-0.39, 0.29) is 30.4 Å². The molecule has 1 atom stereocenters. The molecule has 9 nitrogen and oxygen atoms in total. The Morgan fingerprint density at radius 3 is 2.66 bits per heavy atom. The number of imidazole rings is 1. The van der Waals surface area contributed by atoms with E-state index in [1.807, 2.05) is 24.3 Å². The van der Waals surface area contributed by atoms with E-state index >= 15 is 0 Å². The summed E-state index contributed by atoms with van der Waals surface area (Å²) in [5.74, 6) is 1.05. The number of benzene rings is 2. The van der Waals surface area contributed by atoms with Gasteiger partial charge in [0.05, 0.1) is 32.3 Å². The van der Waals surface area contributed by atoms with Crippen LogP contribution in [0.4, 0.5) is 0 Å². The van der Waals surface area contributed by atoms with Gasteiger partial charge in [-0.2, -0.15) is 0 Å². The summed E-state index contributed by atoms with van der Waals surface area (Å²) in [4.78, 5) is 26.3. The first-order chi connectivity index (χ1) is 16.9. The highest BCUT2D eigenvalue weighted by atomic mass is 16.5. The van der Waals surface area contributed by atoms with E-state index in [1.165, 1.54) is 11.8 Å². The number of aromatic nitrogens is 2. The van der Waals surface area contributed by atoms with Crippen molar-refractivity contribution in [1.82, 2.24) is 9.47 Å². The van der Waals surface area contributed by atoms with E-state index in [1.54, 1.807) is 25.3 Å². The zero-order chi connectivity index (χ0) is 24.7. The number of nitrogens with zero attached hydrogens (tertiary/aromatic N) is 3. The van der Waals surface area contributed by atoms with E-state index in [4.69, 9.17) is 14.2 Å². The molecule has 184 valence electrons. The van der Waals surface area contributed by atoms with Crippen molar-refractivity contribution in [3.63, 3.8) is 0 Å². The standard InChI is InChI=1S/C26H30N3O6/c1-4-27-21-10-9-18(33-3)11-22(21)29(13-26(14-34-15-26)16-35-17(2)30)23(27)12-28-24(31)19-7-5-6-8-20(19)25(28)32/h5-11,24,31H,4,12-16H2,1-3H3/q+1. The van der Waals surface area contributed by atoms with E-state index < -0.39 is 6.23 Å². The molecule has 1 unspecified atom stereocenters. The van der Waals surface area contributed by atoms with Gasteiger partial charge in [0.2, 0.25) is 0 Å². The molecule has 1 fully saturated rings. The predicted octanol–water partition coefficient (Wildman–Crippen LogP) is 2.18. The van der Waals surface area contributed by atoms with Crippen molar-refractivity contribution in [2.24, 2.45) is 5.41 Å². The van der Waals surface area contributed by atoms with Crippen molar-refractivity contribution >= 4 is 22.9 Å². The maximum atomic E-state index is 13.2. The second-order valence-corrected chi connectivity index (χ2v) is 9.27. The maximum Gasteiger partial charge on any atom is 0.302 e. The molecule has 3 aromatic rings. The van der Waals surface area contributed by atoms with E-state index in [0.717, 1.165) is 22.6 Å². The van der Waals surface area contributed by atoms with Gasteiger partial charge in [0.15, 0.2) is 17.3 Å². The number of esters is 1. The molecule has 1 N–H and O–H groups in total. The minimum Gasteiger partial charge on any atom is -0.497 e. The molecule has 3 heterocycles. The Morgan fingerprint density at radius 2 is 2.03 bits per heavy atom. The quantitative estimate of drug-likeness (QED) is 0.392. The fourth-order valence-corrected chi connectivity index (χ4v) is 5.06. The number of aliphatic hydroxyl groups excluding tert-OH is 1. The fourth-order valence-electron chi connectivity index (χ4n) is 5.06. The van der Waals surface area contributed by atoms with Gasteiger partial charge in [-0.1, -0.05) is 18.2 Å². The molecule has 2 aliphatic heterocycles. The molecule has 9 heteroatoms. The first-order valence-electron chi connectivity index (χ1n) is 11.8. The maximum absolute atomic E-state index is 13.2. The summed E-state index contributed by atoms with van der Waals surface area (Å²) in [6.07, 6.45) is -1.02. The van der Waals surface area contributed by atoms with Gasteiger partial charge in [-0.05, 0) is 25.1 Å². The van der Waals surface area contributed by atoms with Crippen molar-refractivity contribution in [3.8, 4) is 5.75 Å². The topological polar surface area (TPSA) is 94.1 Å². The predicted molar refractivity (Wildman–Crippen MR) is 126 cm³/mol. The van der Waals surface area contributed by atoms with Crippen molar-refractivity contribution < 1.29 is 33.5 Å². The molecule has 0 radical (unpaired) electrons. The third-order valence-electron chi connectivity index (χ3n) is 6.93. The number of rotatable bonds is 8. The van der Waals surface area contributed by atoms with Crippen LogP contribution in [0.5, 0.6) is 5.75 Å². The number of hydrogen-bond donors (Lipinski definition) is 1. The minimum atomic E-state index is -1.02. The van der Waals surface area contributed by atoms with Crippen LogP contribution in [0.15, 0.2) is 42.5 Å². The molecule has 5 rings (SSSR count). The van der Waals surface area contributed by atoms with Gasteiger partial charge >= 0.3 is 5.97 Å². The van der Waals surface area contributed by atoms with Crippen LogP contribution in [0.1, 0.15) is 41.8 Å². The van der Waals surface area contributed by atoms with Gasteiger partial charge in [-0.25, -0.2) is 9.13 Å². The molecule has 2 aromatic carbocycles. The molecule has 0 saturated carbocycles. The van der Waals surface area contributed by atoms with Crippen molar-refractivity contribution in [2.45, 2.75) is 39.7 Å². The average molecular weight is 481 g/mol. The highest BCUT2D eigenvalue weighted by Crippen LogP contribution is 2.36. The van der Waals surface area contributed by atoms with Crippen molar-refractivity contribution in [3.05, 3.63) is 59.4 Å². The third-order valence-corrected chi connectivity index (χ3v) is 6.93. The molecular formula is C26H30N3O6+. The van der Waals surface area contributed by atoms with Crippen LogP contribution in [-0.4, -0.2) is 53.4 Å². The molecule has 0 bridgehead atoms. The number of carbonyl (C=O) groups excluding carboxylic acids is 2. The lowest BCUT2D eigenvalue weighted by Crippen LogP contribution is -2.50. The number of carbonyl (C=O) groups is 2. The Kier molecular flexibility index (Phi) is 5.98. The van der Waals surface area contributed by atoms with Gasteiger partial charge < -0.3 is 19.3 Å². The SMILES string of the molecule is CC[n+]1c(CN2C(=O)c3ccccc3C2O)n(CC2(COC(C)=O)COC2)c2cc(OC)ccc21. The fraction of sp³-hybridized carbons (Fsp3) is 0.423. The number of hydrogen-bond acceptors (Lipinski definition) is 6. The van der Waals surface area contributed by atoms with Gasteiger partial charge in [0.1, 0.15) is 25.4 Å². The van der Waals surface area contributed by atoms with Gasteiger partial charge in [-0.15, -0.1) is 0 Å². The van der Waals surface area contributed by atoms with Crippen LogP contribution in [-0.2, 0) is 33.9 Å². The zero-order valence-electron chi connectivity index (χ0n) is 20.2. The number of methoxy groups -OCH3 is 1. The van der Waals surface area contributed by atoms with Gasteiger partial charge in [-0.3, -0.25) is 14.5 Å². The summed E-state index contributed by atoms with van der Waals surface area (Å²) in [7, 11) is 1.63. The normalized spacial score (nSPS) is 18.5. The molecule has 0 aliphatic carbocycles. The summed E-state index contributed by atoms with van der Waals surface area (Å²) < 4.78 is 20.7. The lowest BCUT2D eigenvalue weighted by atomic mass is 9.86. The molecule has 1 amide bonds. The number of amides is 1. The summed E-state index contributed by atoms with van der Waals surface area (Å²) in [6, 6.07) is 13.0.